The molecule has 0 saturated carbocycles. The van der Waals surface area contributed by atoms with Gasteiger partial charge >= 0.3 is 0 Å². The second kappa shape index (κ2) is 5.97. The first-order valence-corrected chi connectivity index (χ1v) is 2.83. The number of aliphatic hydroxyl groups excluding tert-OH is 3. The fourth-order valence-electron chi connectivity index (χ4n) is 0.485. The van der Waals surface area contributed by atoms with Crippen LogP contribution in [0.3, 0.4) is 0 Å². The van der Waals surface area contributed by atoms with Crippen LogP contribution in [0.4, 0.5) is 0 Å². The SMILES string of the molecule is OC=CN(C=CO)CCO. The predicted octanol–water partition coefficient (Wildman–Crippen LogP) is 0.339. The lowest BCUT2D eigenvalue weighted by molar-refractivity contribution is 0.259. The minimum Gasteiger partial charge on any atom is -0.514 e. The maximum absolute atomic E-state index is 8.42. The lowest BCUT2D eigenvalue weighted by Crippen LogP contribution is -2.14. The molecule has 0 aromatic rings. The zero-order valence-electron chi connectivity index (χ0n) is 5.51. The van der Waals surface area contributed by atoms with Gasteiger partial charge in [-0.25, -0.2) is 0 Å². The number of hydrogen-bond donors (Lipinski definition) is 3. The van der Waals surface area contributed by atoms with Crippen LogP contribution in [0.5, 0.6) is 0 Å². The molecule has 0 aliphatic heterocycles. The van der Waals surface area contributed by atoms with Gasteiger partial charge in [0.1, 0.15) is 0 Å². The van der Waals surface area contributed by atoms with Crippen LogP contribution < -0.4 is 0 Å². The molecule has 0 saturated heterocycles. The van der Waals surface area contributed by atoms with E-state index in [1.165, 1.54) is 17.3 Å². The van der Waals surface area contributed by atoms with E-state index in [2.05, 4.69) is 0 Å². The molecule has 0 bridgehead atoms. The molecule has 0 amide bonds. The van der Waals surface area contributed by atoms with E-state index < -0.39 is 0 Å². The monoisotopic (exact) mass is 145 g/mol. The third kappa shape index (κ3) is 3.80. The van der Waals surface area contributed by atoms with Gasteiger partial charge in [-0.15, -0.1) is 0 Å². The van der Waals surface area contributed by atoms with Crippen molar-refractivity contribution in [3.05, 3.63) is 24.9 Å². The Labute approximate surface area is 59.3 Å². The molecule has 0 atom stereocenters. The van der Waals surface area contributed by atoms with Crippen LogP contribution >= 0.6 is 0 Å². The molecule has 0 heterocycles. The van der Waals surface area contributed by atoms with Crippen LogP contribution in [-0.4, -0.2) is 33.4 Å². The van der Waals surface area contributed by atoms with Gasteiger partial charge in [-0.3, -0.25) is 0 Å². The quantitative estimate of drug-likeness (QED) is 0.499. The Morgan fingerprint density at radius 1 is 1.10 bits per heavy atom. The Hall–Kier alpha value is -1.16. The fourth-order valence-corrected chi connectivity index (χ4v) is 0.485. The van der Waals surface area contributed by atoms with Gasteiger partial charge in [0.05, 0.1) is 19.1 Å². The van der Waals surface area contributed by atoms with E-state index in [-0.39, 0.29) is 6.61 Å². The minimum absolute atomic E-state index is 0.0331. The van der Waals surface area contributed by atoms with E-state index in [1.54, 1.807) is 0 Å². The van der Waals surface area contributed by atoms with E-state index in [0.717, 1.165) is 12.5 Å². The van der Waals surface area contributed by atoms with Crippen molar-refractivity contribution >= 4 is 0 Å². The molecule has 0 aliphatic carbocycles. The Bertz CT molecular complexity index is 110. The highest BCUT2D eigenvalue weighted by atomic mass is 16.3. The van der Waals surface area contributed by atoms with E-state index in [4.69, 9.17) is 15.3 Å². The molecule has 0 aromatic heterocycles. The summed E-state index contributed by atoms with van der Waals surface area (Å²) in [6, 6.07) is 0. The van der Waals surface area contributed by atoms with E-state index in [0.29, 0.717) is 6.54 Å². The first-order valence-electron chi connectivity index (χ1n) is 2.83. The lowest BCUT2D eigenvalue weighted by Gasteiger charge is -2.10. The summed E-state index contributed by atoms with van der Waals surface area (Å²) >= 11 is 0. The highest BCUT2D eigenvalue weighted by Crippen LogP contribution is 1.88. The van der Waals surface area contributed by atoms with Crippen LogP contribution in [-0.2, 0) is 0 Å². The Kier molecular flexibility index (Phi) is 5.28. The number of rotatable bonds is 4. The average Bonchev–Trinajstić information content (AvgIpc) is 1.90. The predicted molar refractivity (Wildman–Crippen MR) is 37.3 cm³/mol. The van der Waals surface area contributed by atoms with Crippen molar-refractivity contribution in [3.63, 3.8) is 0 Å². The Balaban J connectivity index is 3.72. The maximum atomic E-state index is 8.42. The molecule has 0 aliphatic rings. The average molecular weight is 145 g/mol. The summed E-state index contributed by atoms with van der Waals surface area (Å²) in [5.74, 6) is 0. The molecule has 3 N–H and O–H groups in total. The molecule has 0 fully saturated rings. The van der Waals surface area contributed by atoms with Gasteiger partial charge in [-0.1, -0.05) is 0 Å². The number of hydrogen-bond acceptors (Lipinski definition) is 4. The summed E-state index contributed by atoms with van der Waals surface area (Å²) in [4.78, 5) is 1.43. The fraction of sp³-hybridized carbons (Fsp3) is 0.333. The van der Waals surface area contributed by atoms with Gasteiger partial charge in [-0.2, -0.15) is 0 Å². The standard InChI is InChI=1S/C6H11NO3/c8-4-1-7(2-5-9)3-6-10/h1-2,4-5,8-10H,3,6H2. The highest BCUT2D eigenvalue weighted by Gasteiger charge is 1.89. The van der Waals surface area contributed by atoms with Gasteiger partial charge in [0.25, 0.3) is 0 Å². The van der Waals surface area contributed by atoms with E-state index >= 15 is 0 Å². The molecule has 10 heavy (non-hydrogen) atoms. The maximum Gasteiger partial charge on any atom is 0.0953 e. The minimum atomic E-state index is -0.0331. The molecule has 4 nitrogen and oxygen atoms in total. The van der Waals surface area contributed by atoms with Crippen molar-refractivity contribution in [1.82, 2.24) is 4.90 Å². The summed E-state index contributed by atoms with van der Waals surface area (Å²) in [6.45, 7) is 0.308. The second-order valence-electron chi connectivity index (χ2n) is 1.56. The summed E-state index contributed by atoms with van der Waals surface area (Å²) in [6.07, 6.45) is 4.30. The lowest BCUT2D eigenvalue weighted by atomic mass is 10.6. The van der Waals surface area contributed by atoms with E-state index in [1.807, 2.05) is 0 Å². The summed E-state index contributed by atoms with van der Waals surface area (Å²) in [5, 5.41) is 25.0. The molecule has 0 spiro atoms. The van der Waals surface area contributed by atoms with Crippen LogP contribution in [0, 0.1) is 0 Å². The largest absolute Gasteiger partial charge is 0.514 e. The van der Waals surface area contributed by atoms with Gasteiger partial charge < -0.3 is 20.2 Å². The molecule has 0 unspecified atom stereocenters. The smallest absolute Gasteiger partial charge is 0.0953 e. The third-order valence-corrected chi connectivity index (χ3v) is 0.874. The van der Waals surface area contributed by atoms with Crippen molar-refractivity contribution in [2.24, 2.45) is 0 Å². The second-order valence-corrected chi connectivity index (χ2v) is 1.56. The van der Waals surface area contributed by atoms with Crippen LogP contribution in [0.25, 0.3) is 0 Å². The zero-order chi connectivity index (χ0) is 7.82. The zero-order valence-corrected chi connectivity index (χ0v) is 5.51. The normalized spacial score (nSPS) is 11.3. The molecule has 58 valence electrons. The molecule has 4 heteroatoms. The summed E-state index contributed by atoms with van der Waals surface area (Å²) < 4.78 is 0. The highest BCUT2D eigenvalue weighted by molar-refractivity contribution is 4.84. The number of aliphatic hydroxyl groups is 3. The Morgan fingerprint density at radius 2 is 1.60 bits per heavy atom. The first kappa shape index (κ1) is 8.84. The van der Waals surface area contributed by atoms with Crippen LogP contribution in [0.15, 0.2) is 24.9 Å². The van der Waals surface area contributed by atoms with Gasteiger partial charge in [-0.05, 0) is 0 Å². The number of nitrogens with zero attached hydrogens (tertiary/aromatic N) is 1. The van der Waals surface area contributed by atoms with Crippen molar-refractivity contribution in [2.75, 3.05) is 13.2 Å². The molecular weight excluding hydrogens is 134 g/mol. The summed E-state index contributed by atoms with van der Waals surface area (Å²) in [7, 11) is 0. The van der Waals surface area contributed by atoms with Gasteiger partial charge in [0.15, 0.2) is 0 Å². The van der Waals surface area contributed by atoms with Crippen molar-refractivity contribution in [3.8, 4) is 0 Å². The summed E-state index contributed by atoms with van der Waals surface area (Å²) in [5.41, 5.74) is 0. The molecule has 0 aromatic carbocycles. The van der Waals surface area contributed by atoms with Gasteiger partial charge in [0, 0.05) is 18.9 Å². The molecule has 0 rings (SSSR count). The van der Waals surface area contributed by atoms with Crippen molar-refractivity contribution in [1.29, 1.82) is 0 Å². The van der Waals surface area contributed by atoms with Crippen molar-refractivity contribution < 1.29 is 15.3 Å². The van der Waals surface area contributed by atoms with Crippen LogP contribution in [0.1, 0.15) is 0 Å². The topological polar surface area (TPSA) is 63.9 Å². The Morgan fingerprint density at radius 3 is 1.90 bits per heavy atom. The van der Waals surface area contributed by atoms with Crippen molar-refractivity contribution in [2.45, 2.75) is 0 Å². The van der Waals surface area contributed by atoms with E-state index in [9.17, 15) is 0 Å². The molecule has 0 radical (unpaired) electrons. The third-order valence-electron chi connectivity index (χ3n) is 0.874. The first-order chi connectivity index (χ1) is 4.85. The molecular formula is C6H11NO3. The van der Waals surface area contributed by atoms with Crippen LogP contribution in [0.2, 0.25) is 0 Å². The van der Waals surface area contributed by atoms with Gasteiger partial charge in [0.2, 0.25) is 0 Å².